The zero-order chi connectivity index (χ0) is 16.4. The van der Waals surface area contributed by atoms with Crippen molar-refractivity contribution in [1.29, 1.82) is 0 Å². The maximum absolute atomic E-state index is 2.67. The van der Waals surface area contributed by atoms with Crippen molar-refractivity contribution in [2.24, 2.45) is 5.41 Å². The summed E-state index contributed by atoms with van der Waals surface area (Å²) in [6.07, 6.45) is 11.5. The predicted molar refractivity (Wildman–Crippen MR) is 103 cm³/mol. The second-order valence-electron chi connectivity index (χ2n) is 8.52. The van der Waals surface area contributed by atoms with E-state index in [4.69, 9.17) is 0 Å². The minimum absolute atomic E-state index is 0.802. The zero-order valence-electron chi connectivity index (χ0n) is 15.5. The maximum Gasteiger partial charge on any atom is 0.0402 e. The molecule has 0 aromatic heterocycles. The largest absolute Gasteiger partial charge is 0.369 e. The molecule has 1 aromatic rings. The molecule has 24 heavy (non-hydrogen) atoms. The van der Waals surface area contributed by atoms with E-state index in [1.54, 1.807) is 11.3 Å². The van der Waals surface area contributed by atoms with Crippen molar-refractivity contribution >= 4 is 5.69 Å². The Morgan fingerprint density at radius 2 is 1.67 bits per heavy atom. The maximum atomic E-state index is 2.67. The Kier molecular flexibility index (Phi) is 4.85. The van der Waals surface area contributed by atoms with Gasteiger partial charge in [0.2, 0.25) is 0 Å². The van der Waals surface area contributed by atoms with E-state index in [0.717, 1.165) is 11.3 Å². The summed E-state index contributed by atoms with van der Waals surface area (Å²) >= 11 is 0. The van der Waals surface area contributed by atoms with Crippen molar-refractivity contribution in [3.05, 3.63) is 29.8 Å². The first-order valence-corrected chi connectivity index (χ1v) is 10.4. The van der Waals surface area contributed by atoms with E-state index < -0.39 is 0 Å². The van der Waals surface area contributed by atoms with Crippen LogP contribution in [0.3, 0.4) is 0 Å². The molecule has 1 heterocycles. The minimum Gasteiger partial charge on any atom is -0.369 e. The molecule has 0 unspecified atom stereocenters. The highest BCUT2D eigenvalue weighted by Crippen LogP contribution is 2.59. The van der Waals surface area contributed by atoms with E-state index in [1.165, 1.54) is 84.1 Å². The van der Waals surface area contributed by atoms with Crippen LogP contribution in [0.2, 0.25) is 0 Å². The number of hydrogen-bond donors (Lipinski definition) is 0. The van der Waals surface area contributed by atoms with Gasteiger partial charge >= 0.3 is 0 Å². The number of nitrogens with zero attached hydrogens (tertiary/aromatic N) is 2. The molecule has 3 aliphatic rings. The van der Waals surface area contributed by atoms with E-state index in [-0.39, 0.29) is 0 Å². The lowest BCUT2D eigenvalue weighted by Crippen LogP contribution is -2.47. The summed E-state index contributed by atoms with van der Waals surface area (Å²) in [7, 11) is 0. The summed E-state index contributed by atoms with van der Waals surface area (Å²) in [5.41, 5.74) is 4.00. The smallest absolute Gasteiger partial charge is 0.0402 e. The normalized spacial score (nSPS) is 24.5. The molecule has 0 amide bonds. The molecular weight excluding hydrogens is 292 g/mol. The summed E-state index contributed by atoms with van der Waals surface area (Å²) in [4.78, 5) is 5.32. The summed E-state index contributed by atoms with van der Waals surface area (Å²) < 4.78 is 0. The Balaban J connectivity index is 1.41. The molecule has 3 fully saturated rings. The van der Waals surface area contributed by atoms with Gasteiger partial charge in [-0.05, 0) is 74.5 Å². The number of hydrogen-bond acceptors (Lipinski definition) is 2. The topological polar surface area (TPSA) is 6.48 Å². The molecule has 0 radical (unpaired) electrons. The van der Waals surface area contributed by atoms with Gasteiger partial charge in [-0.1, -0.05) is 31.5 Å². The molecule has 0 atom stereocenters. The van der Waals surface area contributed by atoms with Gasteiger partial charge in [-0.2, -0.15) is 0 Å². The van der Waals surface area contributed by atoms with Crippen molar-refractivity contribution in [2.45, 2.75) is 64.2 Å². The first-order valence-electron chi connectivity index (χ1n) is 10.4. The quantitative estimate of drug-likeness (QED) is 0.747. The second kappa shape index (κ2) is 7.07. The van der Waals surface area contributed by atoms with Gasteiger partial charge in [0.05, 0.1) is 0 Å². The molecule has 1 spiro atoms. The number of anilines is 1. The standard InChI is InChI=1S/C22H34N2/c1-2-3-14-23-15-17-24(18-16-23)21-7-5-4-6-20(21)19-8-10-22(11-9-19)12-13-22/h4-7,19H,2-3,8-18H2,1H3. The van der Waals surface area contributed by atoms with Crippen LogP contribution in [0.1, 0.15) is 69.8 Å². The van der Waals surface area contributed by atoms with Gasteiger partial charge < -0.3 is 4.90 Å². The number of para-hydroxylation sites is 1. The van der Waals surface area contributed by atoms with Gasteiger partial charge in [0.15, 0.2) is 0 Å². The highest BCUT2D eigenvalue weighted by molar-refractivity contribution is 5.55. The Morgan fingerprint density at radius 3 is 2.33 bits per heavy atom. The van der Waals surface area contributed by atoms with Crippen molar-refractivity contribution in [3.63, 3.8) is 0 Å². The highest BCUT2D eigenvalue weighted by Gasteiger charge is 2.45. The summed E-state index contributed by atoms with van der Waals surface area (Å²) in [6.45, 7) is 8.47. The number of benzene rings is 1. The van der Waals surface area contributed by atoms with Crippen molar-refractivity contribution in [1.82, 2.24) is 4.90 Å². The van der Waals surface area contributed by atoms with Crippen LogP contribution in [0.4, 0.5) is 5.69 Å². The lowest BCUT2D eigenvalue weighted by Gasteiger charge is -2.38. The monoisotopic (exact) mass is 326 g/mol. The molecule has 2 aliphatic carbocycles. The Morgan fingerprint density at radius 1 is 0.958 bits per heavy atom. The molecule has 4 rings (SSSR count). The average Bonchev–Trinajstić information content (AvgIpc) is 3.40. The molecule has 2 saturated carbocycles. The lowest BCUT2D eigenvalue weighted by atomic mass is 9.76. The van der Waals surface area contributed by atoms with Crippen LogP contribution >= 0.6 is 0 Å². The summed E-state index contributed by atoms with van der Waals surface area (Å²) in [5, 5.41) is 0. The van der Waals surface area contributed by atoms with Gasteiger partial charge in [0, 0.05) is 31.9 Å². The van der Waals surface area contributed by atoms with Gasteiger partial charge in [0.25, 0.3) is 0 Å². The van der Waals surface area contributed by atoms with Crippen LogP contribution in [0.25, 0.3) is 0 Å². The van der Waals surface area contributed by atoms with Crippen LogP contribution in [0.5, 0.6) is 0 Å². The highest BCUT2D eigenvalue weighted by atomic mass is 15.3. The van der Waals surface area contributed by atoms with E-state index in [9.17, 15) is 0 Å². The SMILES string of the molecule is CCCCN1CCN(c2ccccc2C2CCC3(CC2)CC3)CC1. The number of rotatable bonds is 5. The Labute approximate surface area is 148 Å². The van der Waals surface area contributed by atoms with Crippen molar-refractivity contribution in [3.8, 4) is 0 Å². The Hall–Kier alpha value is -1.02. The van der Waals surface area contributed by atoms with E-state index in [0.29, 0.717) is 0 Å². The molecule has 2 nitrogen and oxygen atoms in total. The molecule has 1 aliphatic heterocycles. The average molecular weight is 327 g/mol. The van der Waals surface area contributed by atoms with Crippen LogP contribution in [-0.2, 0) is 0 Å². The van der Waals surface area contributed by atoms with Crippen molar-refractivity contribution < 1.29 is 0 Å². The number of unbranched alkanes of at least 4 members (excludes halogenated alkanes) is 1. The molecule has 132 valence electrons. The summed E-state index contributed by atoms with van der Waals surface area (Å²) in [5.74, 6) is 0.811. The Bertz CT molecular complexity index is 531. The van der Waals surface area contributed by atoms with E-state index in [1.807, 2.05) is 0 Å². The van der Waals surface area contributed by atoms with Gasteiger partial charge in [-0.15, -0.1) is 0 Å². The molecule has 2 heteroatoms. The van der Waals surface area contributed by atoms with E-state index >= 15 is 0 Å². The molecule has 0 bridgehead atoms. The molecule has 1 aromatic carbocycles. The zero-order valence-corrected chi connectivity index (χ0v) is 15.5. The van der Waals surface area contributed by atoms with Crippen molar-refractivity contribution in [2.75, 3.05) is 37.6 Å². The van der Waals surface area contributed by atoms with Crippen LogP contribution in [-0.4, -0.2) is 37.6 Å². The molecular formula is C22H34N2. The third-order valence-electron chi connectivity index (χ3n) is 6.92. The van der Waals surface area contributed by atoms with Gasteiger partial charge in [-0.25, -0.2) is 0 Å². The minimum atomic E-state index is 0.802. The molecule has 0 N–H and O–H groups in total. The second-order valence-corrected chi connectivity index (χ2v) is 8.52. The van der Waals surface area contributed by atoms with Gasteiger partial charge in [-0.3, -0.25) is 4.90 Å². The fraction of sp³-hybridized carbons (Fsp3) is 0.727. The van der Waals surface area contributed by atoms with Gasteiger partial charge in [0.1, 0.15) is 0 Å². The fourth-order valence-electron chi connectivity index (χ4n) is 4.93. The lowest BCUT2D eigenvalue weighted by molar-refractivity contribution is 0.253. The first kappa shape index (κ1) is 16.4. The van der Waals surface area contributed by atoms with E-state index in [2.05, 4.69) is 41.0 Å². The summed E-state index contributed by atoms with van der Waals surface area (Å²) in [6, 6.07) is 9.32. The first-order chi connectivity index (χ1) is 11.8. The third kappa shape index (κ3) is 3.49. The molecule has 1 saturated heterocycles. The number of piperazine rings is 1. The fourth-order valence-corrected chi connectivity index (χ4v) is 4.93. The van der Waals surface area contributed by atoms with Crippen LogP contribution in [0, 0.1) is 5.41 Å². The van der Waals surface area contributed by atoms with Crippen LogP contribution < -0.4 is 4.90 Å². The predicted octanol–water partition coefficient (Wildman–Crippen LogP) is 5.05. The van der Waals surface area contributed by atoms with Crippen LogP contribution in [0.15, 0.2) is 24.3 Å². The third-order valence-corrected chi connectivity index (χ3v) is 6.92.